The van der Waals surface area contributed by atoms with E-state index in [2.05, 4.69) is 10.1 Å². The Morgan fingerprint density at radius 3 is 2.79 bits per heavy atom. The number of carbonyl (C=O) groups is 2. The van der Waals surface area contributed by atoms with Gasteiger partial charge in [-0.3, -0.25) is 9.59 Å². The minimum absolute atomic E-state index is 0.222. The number of hydrogen-bond donors (Lipinski definition) is 0. The van der Waals surface area contributed by atoms with E-state index in [0.29, 0.717) is 31.0 Å². The summed E-state index contributed by atoms with van der Waals surface area (Å²) < 4.78 is 10.6. The highest BCUT2D eigenvalue weighted by Crippen LogP contribution is 2.28. The second-order valence-electron chi connectivity index (χ2n) is 6.57. The molecule has 144 valence electrons. The molecule has 0 N–H and O–H groups in total. The highest BCUT2D eigenvalue weighted by atomic mass is 32.1. The number of benzene rings is 1. The van der Waals surface area contributed by atoms with Crippen molar-refractivity contribution in [2.24, 2.45) is 0 Å². The van der Waals surface area contributed by atoms with E-state index in [4.69, 9.17) is 9.26 Å². The zero-order chi connectivity index (χ0) is 19.5. The predicted molar refractivity (Wildman–Crippen MR) is 102 cm³/mol. The Hall–Kier alpha value is -3.00. The molecule has 0 radical (unpaired) electrons. The van der Waals surface area contributed by atoms with E-state index in [-0.39, 0.29) is 18.3 Å². The first kappa shape index (κ1) is 18.4. The van der Waals surface area contributed by atoms with Crippen LogP contribution in [0.5, 0.6) is 0 Å². The van der Waals surface area contributed by atoms with Crippen LogP contribution in [-0.2, 0) is 27.4 Å². The van der Waals surface area contributed by atoms with Gasteiger partial charge in [0.05, 0.1) is 13.1 Å². The van der Waals surface area contributed by atoms with E-state index in [1.165, 1.54) is 11.3 Å². The maximum Gasteiger partial charge on any atom is 0.306 e. The van der Waals surface area contributed by atoms with Crippen LogP contribution in [0.4, 0.5) is 0 Å². The summed E-state index contributed by atoms with van der Waals surface area (Å²) in [5.41, 5.74) is 2.46. The quantitative estimate of drug-likeness (QED) is 0.593. The number of rotatable bonds is 6. The van der Waals surface area contributed by atoms with E-state index in [0.717, 1.165) is 16.1 Å². The summed E-state index contributed by atoms with van der Waals surface area (Å²) in [5, 5.41) is 6.88. The summed E-state index contributed by atoms with van der Waals surface area (Å²) in [5.74, 6) is 0.0959. The van der Waals surface area contributed by atoms with Gasteiger partial charge >= 0.3 is 5.97 Å². The number of hydrogen-bond acceptors (Lipinski definition) is 7. The molecule has 1 fully saturated rings. The summed E-state index contributed by atoms with van der Waals surface area (Å²) >= 11 is 1.48. The summed E-state index contributed by atoms with van der Waals surface area (Å²) in [4.78, 5) is 30.5. The van der Waals surface area contributed by atoms with Crippen LogP contribution < -0.4 is 0 Å². The van der Waals surface area contributed by atoms with Crippen LogP contribution in [0.25, 0.3) is 11.3 Å². The van der Waals surface area contributed by atoms with Gasteiger partial charge in [0.2, 0.25) is 0 Å². The van der Waals surface area contributed by atoms with Crippen LogP contribution in [0.1, 0.15) is 29.2 Å². The number of carbonyl (C=O) groups excluding carboxylic acids is 2. The second kappa shape index (κ2) is 7.93. The van der Waals surface area contributed by atoms with Crippen LogP contribution in [-0.4, -0.2) is 33.0 Å². The fraction of sp³-hybridized carbons (Fsp3) is 0.300. The third-order valence-corrected chi connectivity index (χ3v) is 5.43. The van der Waals surface area contributed by atoms with Crippen LogP contribution in [0.3, 0.4) is 0 Å². The van der Waals surface area contributed by atoms with Gasteiger partial charge < -0.3 is 14.2 Å². The topological polar surface area (TPSA) is 85.5 Å². The summed E-state index contributed by atoms with van der Waals surface area (Å²) in [6.07, 6.45) is 1.63. The number of ether oxygens (including phenoxy) is 1. The molecular formula is C20H19N3O4S. The van der Waals surface area contributed by atoms with Crippen molar-refractivity contribution in [3.8, 4) is 11.3 Å². The number of esters is 1. The fourth-order valence-electron chi connectivity index (χ4n) is 3.20. The zero-order valence-electron chi connectivity index (χ0n) is 15.3. The molecule has 1 amide bonds. The number of aromatic nitrogens is 2. The zero-order valence-corrected chi connectivity index (χ0v) is 16.1. The molecule has 3 heterocycles. The number of amides is 1. The average Bonchev–Trinajstić information content (AvgIpc) is 3.44. The van der Waals surface area contributed by atoms with Crippen molar-refractivity contribution < 1.29 is 18.8 Å². The molecule has 8 heteroatoms. The van der Waals surface area contributed by atoms with Crippen LogP contribution in [0, 0.1) is 6.92 Å². The van der Waals surface area contributed by atoms with Crippen molar-refractivity contribution in [2.75, 3.05) is 0 Å². The molecule has 1 aliphatic rings. The predicted octanol–water partition coefficient (Wildman–Crippen LogP) is 3.34. The summed E-state index contributed by atoms with van der Waals surface area (Å²) in [6, 6.07) is 9.70. The lowest BCUT2D eigenvalue weighted by Crippen LogP contribution is -2.38. The van der Waals surface area contributed by atoms with Gasteiger partial charge in [-0.05, 0) is 6.92 Å². The van der Waals surface area contributed by atoms with E-state index in [9.17, 15) is 9.59 Å². The molecule has 2 aromatic heterocycles. The van der Waals surface area contributed by atoms with E-state index >= 15 is 0 Å². The Balaban J connectivity index is 1.63. The Morgan fingerprint density at radius 2 is 2.11 bits per heavy atom. The number of cyclic esters (lactones) is 1. The number of nitrogens with zero attached hydrogens (tertiary/aromatic N) is 3. The SMILES string of the molecule is Cc1onc(-c2ccccc2)c1CN(Cc1nccs1)C(=O)[C@H]1CCC(=O)O1. The molecule has 3 aromatic rings. The van der Waals surface area contributed by atoms with Gasteiger partial charge in [-0.25, -0.2) is 4.98 Å². The van der Waals surface area contributed by atoms with Gasteiger partial charge in [-0.1, -0.05) is 35.5 Å². The number of aryl methyl sites for hydroxylation is 1. The lowest BCUT2D eigenvalue weighted by Gasteiger charge is -2.24. The molecule has 4 rings (SSSR count). The van der Waals surface area contributed by atoms with Crippen molar-refractivity contribution in [3.05, 3.63) is 58.2 Å². The van der Waals surface area contributed by atoms with E-state index in [1.807, 2.05) is 42.6 Å². The molecule has 7 nitrogen and oxygen atoms in total. The molecule has 28 heavy (non-hydrogen) atoms. The smallest absolute Gasteiger partial charge is 0.306 e. The highest BCUT2D eigenvalue weighted by Gasteiger charge is 2.34. The van der Waals surface area contributed by atoms with E-state index in [1.54, 1.807) is 11.1 Å². The fourth-order valence-corrected chi connectivity index (χ4v) is 3.83. The van der Waals surface area contributed by atoms with E-state index < -0.39 is 6.10 Å². The molecule has 0 unspecified atom stereocenters. The lowest BCUT2D eigenvalue weighted by atomic mass is 10.1. The van der Waals surface area contributed by atoms with Gasteiger partial charge in [0.1, 0.15) is 16.5 Å². The standard InChI is InChI=1S/C20H19N3O4S/c1-13-15(19(22-27-13)14-5-3-2-4-6-14)11-23(12-17-21-9-10-28-17)20(25)16-7-8-18(24)26-16/h2-6,9-10,16H,7-8,11-12H2,1H3/t16-/m1/s1. The third-order valence-electron chi connectivity index (χ3n) is 4.66. The van der Waals surface area contributed by atoms with Crippen molar-refractivity contribution >= 4 is 23.2 Å². The third kappa shape index (κ3) is 3.82. The van der Waals surface area contributed by atoms with Gasteiger partial charge in [-0.15, -0.1) is 11.3 Å². The van der Waals surface area contributed by atoms with Crippen LogP contribution in [0.2, 0.25) is 0 Å². The van der Waals surface area contributed by atoms with Crippen LogP contribution in [0.15, 0.2) is 46.4 Å². The highest BCUT2D eigenvalue weighted by molar-refractivity contribution is 7.09. The molecule has 0 saturated carbocycles. The summed E-state index contributed by atoms with van der Waals surface area (Å²) in [7, 11) is 0. The largest absolute Gasteiger partial charge is 0.452 e. The first-order valence-corrected chi connectivity index (χ1v) is 9.87. The van der Waals surface area contributed by atoms with Gasteiger partial charge in [0.15, 0.2) is 6.10 Å². The molecular weight excluding hydrogens is 378 g/mol. The average molecular weight is 397 g/mol. The Labute approximate surface area is 165 Å². The van der Waals surface area contributed by atoms with Crippen molar-refractivity contribution in [3.63, 3.8) is 0 Å². The lowest BCUT2D eigenvalue weighted by molar-refractivity contribution is -0.153. The first-order chi connectivity index (χ1) is 13.6. The van der Waals surface area contributed by atoms with Gasteiger partial charge in [0.25, 0.3) is 5.91 Å². The molecule has 1 saturated heterocycles. The minimum Gasteiger partial charge on any atom is -0.452 e. The monoisotopic (exact) mass is 397 g/mol. The Kier molecular flexibility index (Phi) is 5.21. The molecule has 1 aliphatic heterocycles. The van der Waals surface area contributed by atoms with Gasteiger partial charge in [0, 0.05) is 35.5 Å². The Morgan fingerprint density at radius 1 is 1.29 bits per heavy atom. The normalized spacial score (nSPS) is 16.2. The minimum atomic E-state index is -0.743. The Bertz CT molecular complexity index is 969. The molecule has 0 spiro atoms. The van der Waals surface area contributed by atoms with Crippen molar-refractivity contribution in [2.45, 2.75) is 39.0 Å². The molecule has 1 atom stereocenters. The van der Waals surface area contributed by atoms with Crippen LogP contribution >= 0.6 is 11.3 Å². The molecule has 1 aromatic carbocycles. The number of thiazole rings is 1. The second-order valence-corrected chi connectivity index (χ2v) is 7.55. The summed E-state index contributed by atoms with van der Waals surface area (Å²) in [6.45, 7) is 2.46. The van der Waals surface area contributed by atoms with Crippen molar-refractivity contribution in [1.82, 2.24) is 15.0 Å². The molecule has 0 bridgehead atoms. The first-order valence-electron chi connectivity index (χ1n) is 8.99. The van der Waals surface area contributed by atoms with Gasteiger partial charge in [-0.2, -0.15) is 0 Å². The maximum absolute atomic E-state index is 13.1. The maximum atomic E-state index is 13.1. The van der Waals surface area contributed by atoms with Crippen molar-refractivity contribution in [1.29, 1.82) is 0 Å². The molecule has 0 aliphatic carbocycles.